The SMILES string of the molecule is CC(=O)N1CCc2cc(C(=O)N3CCCN(S(=O)(=O)c4ccc(F)cc4)CC3)ccc21. The number of fused-ring (bicyclic) bond motifs is 1. The van der Waals surface area contributed by atoms with E-state index >= 15 is 0 Å². The molecule has 7 nitrogen and oxygen atoms in total. The number of sulfonamides is 1. The van der Waals surface area contributed by atoms with E-state index < -0.39 is 15.8 Å². The van der Waals surface area contributed by atoms with Crippen LogP contribution in [0.5, 0.6) is 0 Å². The number of anilines is 1. The third kappa shape index (κ3) is 4.20. The van der Waals surface area contributed by atoms with Crippen LogP contribution in [0, 0.1) is 5.82 Å². The van der Waals surface area contributed by atoms with Gasteiger partial charge < -0.3 is 9.80 Å². The molecule has 0 aromatic heterocycles. The van der Waals surface area contributed by atoms with Crippen LogP contribution in [0.15, 0.2) is 47.4 Å². The number of carbonyl (C=O) groups excluding carboxylic acids is 2. The van der Waals surface area contributed by atoms with Crippen LogP contribution >= 0.6 is 0 Å². The molecule has 2 amide bonds. The van der Waals surface area contributed by atoms with Crippen LogP contribution in [-0.2, 0) is 21.2 Å². The van der Waals surface area contributed by atoms with Gasteiger partial charge in [0.05, 0.1) is 4.90 Å². The van der Waals surface area contributed by atoms with E-state index in [1.807, 2.05) is 6.07 Å². The maximum atomic E-state index is 13.2. The Morgan fingerprint density at radius 2 is 1.68 bits per heavy atom. The number of carbonyl (C=O) groups is 2. The molecule has 2 aromatic carbocycles. The minimum atomic E-state index is -3.75. The topological polar surface area (TPSA) is 78.0 Å². The van der Waals surface area contributed by atoms with Crippen LogP contribution < -0.4 is 4.90 Å². The summed E-state index contributed by atoms with van der Waals surface area (Å²) in [5, 5.41) is 0. The van der Waals surface area contributed by atoms with Crippen molar-refractivity contribution in [2.24, 2.45) is 0 Å². The van der Waals surface area contributed by atoms with Crippen molar-refractivity contribution in [2.45, 2.75) is 24.7 Å². The monoisotopic (exact) mass is 445 g/mol. The maximum absolute atomic E-state index is 13.2. The van der Waals surface area contributed by atoms with E-state index in [0.717, 1.165) is 23.4 Å². The summed E-state index contributed by atoms with van der Waals surface area (Å²) in [5.74, 6) is -0.662. The third-order valence-electron chi connectivity index (χ3n) is 5.80. The quantitative estimate of drug-likeness (QED) is 0.726. The first kappa shape index (κ1) is 21.5. The van der Waals surface area contributed by atoms with Gasteiger partial charge in [0, 0.05) is 50.9 Å². The van der Waals surface area contributed by atoms with Crippen molar-refractivity contribution >= 4 is 27.5 Å². The molecule has 164 valence electrons. The average Bonchev–Trinajstić information content (AvgIpc) is 3.01. The van der Waals surface area contributed by atoms with Crippen LogP contribution in [-0.4, -0.2) is 62.2 Å². The van der Waals surface area contributed by atoms with E-state index in [0.29, 0.717) is 38.0 Å². The molecular weight excluding hydrogens is 421 g/mol. The number of hydrogen-bond donors (Lipinski definition) is 0. The highest BCUT2D eigenvalue weighted by Crippen LogP contribution is 2.29. The Kier molecular flexibility index (Phi) is 5.81. The molecule has 2 aliphatic rings. The van der Waals surface area contributed by atoms with Gasteiger partial charge in [-0.3, -0.25) is 9.59 Å². The zero-order chi connectivity index (χ0) is 22.2. The molecule has 0 spiro atoms. The Morgan fingerprint density at radius 1 is 0.935 bits per heavy atom. The third-order valence-corrected chi connectivity index (χ3v) is 7.71. The number of hydrogen-bond acceptors (Lipinski definition) is 4. The summed E-state index contributed by atoms with van der Waals surface area (Å²) in [7, 11) is -3.75. The van der Waals surface area contributed by atoms with Gasteiger partial charge in [0.15, 0.2) is 0 Å². The van der Waals surface area contributed by atoms with E-state index in [1.54, 1.807) is 21.9 Å². The van der Waals surface area contributed by atoms with Gasteiger partial charge in [-0.25, -0.2) is 12.8 Å². The van der Waals surface area contributed by atoms with Crippen LogP contribution in [0.3, 0.4) is 0 Å². The van der Waals surface area contributed by atoms with Crippen molar-refractivity contribution in [1.82, 2.24) is 9.21 Å². The zero-order valence-electron chi connectivity index (χ0n) is 17.3. The van der Waals surface area contributed by atoms with Gasteiger partial charge in [-0.2, -0.15) is 4.31 Å². The molecule has 0 aliphatic carbocycles. The van der Waals surface area contributed by atoms with Crippen molar-refractivity contribution in [3.05, 3.63) is 59.4 Å². The van der Waals surface area contributed by atoms with E-state index in [1.165, 1.54) is 23.4 Å². The maximum Gasteiger partial charge on any atom is 0.253 e. The summed E-state index contributed by atoms with van der Waals surface area (Å²) in [5.41, 5.74) is 2.35. The number of amides is 2. The van der Waals surface area contributed by atoms with E-state index in [4.69, 9.17) is 0 Å². The standard InChI is InChI=1S/C22H24FN3O4S/c1-16(27)26-12-9-17-15-18(3-8-21(17)26)22(28)24-10-2-11-25(14-13-24)31(29,30)20-6-4-19(23)5-7-20/h3-8,15H,2,9-14H2,1H3. The molecule has 4 rings (SSSR count). The normalized spacial score (nSPS) is 17.4. The van der Waals surface area contributed by atoms with Crippen molar-refractivity contribution in [3.8, 4) is 0 Å². The average molecular weight is 446 g/mol. The lowest BCUT2D eigenvalue weighted by Gasteiger charge is -2.22. The second-order valence-corrected chi connectivity index (χ2v) is 9.71. The van der Waals surface area contributed by atoms with Crippen LogP contribution in [0.4, 0.5) is 10.1 Å². The molecule has 0 N–H and O–H groups in total. The number of nitrogens with zero attached hydrogens (tertiary/aromatic N) is 3. The van der Waals surface area contributed by atoms with Gasteiger partial charge in [-0.05, 0) is 60.9 Å². The van der Waals surface area contributed by atoms with Gasteiger partial charge in [0.25, 0.3) is 5.91 Å². The Labute approximate surface area is 181 Å². The second kappa shape index (κ2) is 8.39. The lowest BCUT2D eigenvalue weighted by Crippen LogP contribution is -2.37. The van der Waals surface area contributed by atoms with Gasteiger partial charge in [-0.15, -0.1) is 0 Å². The predicted molar refractivity (Wildman–Crippen MR) is 114 cm³/mol. The Balaban J connectivity index is 1.47. The van der Waals surface area contributed by atoms with Crippen molar-refractivity contribution in [3.63, 3.8) is 0 Å². The second-order valence-electron chi connectivity index (χ2n) is 7.77. The summed E-state index contributed by atoms with van der Waals surface area (Å²) in [6.07, 6.45) is 1.22. The van der Waals surface area contributed by atoms with Gasteiger partial charge in [0.1, 0.15) is 5.82 Å². The first-order valence-corrected chi connectivity index (χ1v) is 11.7. The predicted octanol–water partition coefficient (Wildman–Crippen LogP) is 2.27. The Hall–Kier alpha value is -2.78. The van der Waals surface area contributed by atoms with E-state index in [9.17, 15) is 22.4 Å². The van der Waals surface area contributed by atoms with Crippen molar-refractivity contribution in [1.29, 1.82) is 0 Å². The fraction of sp³-hybridized carbons (Fsp3) is 0.364. The van der Waals surface area contributed by atoms with E-state index in [-0.39, 0.29) is 29.8 Å². The molecule has 2 aromatic rings. The first-order valence-electron chi connectivity index (χ1n) is 10.2. The molecule has 9 heteroatoms. The highest BCUT2D eigenvalue weighted by atomic mass is 32.2. The van der Waals surface area contributed by atoms with Crippen molar-refractivity contribution < 1.29 is 22.4 Å². The number of benzene rings is 2. The summed E-state index contributed by atoms with van der Waals surface area (Å²) < 4.78 is 40.3. The van der Waals surface area contributed by atoms with Gasteiger partial charge >= 0.3 is 0 Å². The molecule has 2 heterocycles. The molecule has 31 heavy (non-hydrogen) atoms. The minimum Gasteiger partial charge on any atom is -0.337 e. The molecule has 0 saturated carbocycles. The summed E-state index contributed by atoms with van der Waals surface area (Å²) >= 11 is 0. The van der Waals surface area contributed by atoms with E-state index in [2.05, 4.69) is 0 Å². The summed E-state index contributed by atoms with van der Waals surface area (Å²) in [4.78, 5) is 28.2. The van der Waals surface area contributed by atoms with Crippen LogP contribution in [0.2, 0.25) is 0 Å². The summed E-state index contributed by atoms with van der Waals surface area (Å²) in [6, 6.07) is 10.1. The van der Waals surface area contributed by atoms with Gasteiger partial charge in [0.2, 0.25) is 15.9 Å². The fourth-order valence-electron chi connectivity index (χ4n) is 4.14. The Bertz CT molecular complexity index is 1120. The lowest BCUT2D eigenvalue weighted by molar-refractivity contribution is -0.116. The minimum absolute atomic E-state index is 0.0206. The summed E-state index contributed by atoms with van der Waals surface area (Å²) in [6.45, 7) is 3.33. The molecule has 0 radical (unpaired) electrons. The first-order chi connectivity index (χ1) is 14.8. The highest BCUT2D eigenvalue weighted by molar-refractivity contribution is 7.89. The lowest BCUT2D eigenvalue weighted by atomic mass is 10.1. The largest absolute Gasteiger partial charge is 0.337 e. The van der Waals surface area contributed by atoms with Crippen molar-refractivity contribution in [2.75, 3.05) is 37.6 Å². The van der Waals surface area contributed by atoms with Gasteiger partial charge in [-0.1, -0.05) is 0 Å². The van der Waals surface area contributed by atoms with Crippen LogP contribution in [0.1, 0.15) is 29.3 Å². The smallest absolute Gasteiger partial charge is 0.253 e. The number of rotatable bonds is 3. The molecule has 1 fully saturated rings. The van der Waals surface area contributed by atoms with Crippen LogP contribution in [0.25, 0.3) is 0 Å². The highest BCUT2D eigenvalue weighted by Gasteiger charge is 2.29. The molecule has 0 bridgehead atoms. The molecule has 0 atom stereocenters. The molecule has 1 saturated heterocycles. The molecule has 2 aliphatic heterocycles. The molecule has 0 unspecified atom stereocenters. The Morgan fingerprint density at radius 3 is 2.39 bits per heavy atom. The number of halogens is 1. The molecular formula is C22H24FN3O4S. The zero-order valence-corrected chi connectivity index (χ0v) is 18.1. The fourth-order valence-corrected chi connectivity index (χ4v) is 5.61.